The predicted molar refractivity (Wildman–Crippen MR) is 108 cm³/mol. The van der Waals surface area contributed by atoms with Crippen molar-refractivity contribution in [1.29, 1.82) is 0 Å². The molecule has 2 aromatic carbocycles. The van der Waals surface area contributed by atoms with Crippen LogP contribution in [0, 0.1) is 13.8 Å². The minimum absolute atomic E-state index is 0.275. The molecule has 144 valence electrons. The summed E-state index contributed by atoms with van der Waals surface area (Å²) in [6.45, 7) is 3.68. The number of hydrogen-bond donors (Lipinski definition) is 2. The van der Waals surface area contributed by atoms with Gasteiger partial charge in [0, 0.05) is 24.0 Å². The third kappa shape index (κ3) is 3.91. The van der Waals surface area contributed by atoms with Crippen LogP contribution in [-0.2, 0) is 0 Å². The van der Waals surface area contributed by atoms with Crippen LogP contribution in [0.5, 0.6) is 17.2 Å². The first-order chi connectivity index (χ1) is 13.4. The normalized spacial score (nSPS) is 10.4. The molecule has 0 saturated heterocycles. The van der Waals surface area contributed by atoms with Crippen molar-refractivity contribution in [2.75, 3.05) is 19.5 Å². The molecule has 6 nitrogen and oxygen atoms in total. The number of carbonyl (C=O) groups excluding carboxylic acids is 1. The largest absolute Gasteiger partial charge is 0.507 e. The highest BCUT2D eigenvalue weighted by Gasteiger charge is 2.13. The molecule has 6 heteroatoms. The number of nitrogens with zero attached hydrogens (tertiary/aromatic N) is 1. The van der Waals surface area contributed by atoms with Crippen LogP contribution >= 0.6 is 0 Å². The Bertz CT molecular complexity index is 1010. The molecule has 1 amide bonds. The zero-order chi connectivity index (χ0) is 20.3. The molecule has 0 unspecified atom stereocenters. The van der Waals surface area contributed by atoms with Gasteiger partial charge in [-0.2, -0.15) is 0 Å². The number of aromatic hydroxyl groups is 1. The van der Waals surface area contributed by atoms with Gasteiger partial charge >= 0.3 is 0 Å². The quantitative estimate of drug-likeness (QED) is 0.690. The van der Waals surface area contributed by atoms with Gasteiger partial charge in [0.15, 0.2) is 0 Å². The summed E-state index contributed by atoms with van der Waals surface area (Å²) in [4.78, 5) is 16.9. The van der Waals surface area contributed by atoms with Gasteiger partial charge in [-0.15, -0.1) is 0 Å². The number of nitrogens with one attached hydrogen (secondary N) is 1. The van der Waals surface area contributed by atoms with Gasteiger partial charge in [-0.1, -0.05) is 0 Å². The molecule has 0 bridgehead atoms. The Balaban J connectivity index is 1.89. The van der Waals surface area contributed by atoms with Crippen molar-refractivity contribution < 1.29 is 19.4 Å². The molecule has 0 fully saturated rings. The van der Waals surface area contributed by atoms with E-state index in [-0.39, 0.29) is 11.7 Å². The van der Waals surface area contributed by atoms with Crippen LogP contribution in [0.4, 0.5) is 5.69 Å². The number of methoxy groups -OCH3 is 2. The zero-order valence-corrected chi connectivity index (χ0v) is 16.2. The first-order valence-corrected chi connectivity index (χ1v) is 8.72. The number of pyridine rings is 1. The summed E-state index contributed by atoms with van der Waals surface area (Å²) in [6.07, 6.45) is 3.20. The van der Waals surface area contributed by atoms with Crippen molar-refractivity contribution in [2.45, 2.75) is 13.8 Å². The topological polar surface area (TPSA) is 80.7 Å². The van der Waals surface area contributed by atoms with Crippen LogP contribution in [0.3, 0.4) is 0 Å². The van der Waals surface area contributed by atoms with E-state index >= 15 is 0 Å². The number of ether oxygens (including phenoxy) is 2. The van der Waals surface area contributed by atoms with Gasteiger partial charge in [-0.3, -0.25) is 9.78 Å². The van der Waals surface area contributed by atoms with Crippen molar-refractivity contribution in [3.63, 3.8) is 0 Å². The maximum atomic E-state index is 12.7. The second kappa shape index (κ2) is 8.00. The van der Waals surface area contributed by atoms with Gasteiger partial charge in [-0.05, 0) is 60.9 Å². The van der Waals surface area contributed by atoms with Crippen molar-refractivity contribution in [2.24, 2.45) is 0 Å². The molecule has 0 radical (unpaired) electrons. The standard InChI is InChI=1S/C22H22N2O4/c1-13-7-15(8-14(2)21(13)25)16-9-17(12-23-11-16)22(26)24-19-6-5-18(27-3)10-20(19)28-4/h5-12,25H,1-4H3,(H,24,26). The van der Waals surface area contributed by atoms with E-state index in [9.17, 15) is 9.90 Å². The number of benzene rings is 2. The fourth-order valence-electron chi connectivity index (χ4n) is 2.94. The highest BCUT2D eigenvalue weighted by molar-refractivity contribution is 6.05. The van der Waals surface area contributed by atoms with E-state index in [2.05, 4.69) is 10.3 Å². The van der Waals surface area contributed by atoms with E-state index < -0.39 is 0 Å². The number of aromatic nitrogens is 1. The highest BCUT2D eigenvalue weighted by Crippen LogP contribution is 2.31. The summed E-state index contributed by atoms with van der Waals surface area (Å²) >= 11 is 0. The predicted octanol–water partition coefficient (Wildman–Crippen LogP) is 4.34. The Morgan fingerprint density at radius 3 is 2.32 bits per heavy atom. The number of phenolic OH excluding ortho intramolecular Hbond substituents is 1. The van der Waals surface area contributed by atoms with E-state index in [1.807, 2.05) is 26.0 Å². The number of anilines is 1. The Labute approximate surface area is 163 Å². The average Bonchev–Trinajstić information content (AvgIpc) is 2.71. The van der Waals surface area contributed by atoms with Gasteiger partial charge < -0.3 is 19.9 Å². The zero-order valence-electron chi connectivity index (χ0n) is 16.2. The molecule has 1 aromatic heterocycles. The number of amides is 1. The maximum absolute atomic E-state index is 12.7. The molecule has 0 atom stereocenters. The van der Waals surface area contributed by atoms with E-state index in [1.54, 1.807) is 37.6 Å². The van der Waals surface area contributed by atoms with Gasteiger partial charge in [0.1, 0.15) is 17.2 Å². The van der Waals surface area contributed by atoms with Crippen molar-refractivity contribution in [3.05, 3.63) is 65.5 Å². The molecular formula is C22H22N2O4. The number of aryl methyl sites for hydroxylation is 2. The summed E-state index contributed by atoms with van der Waals surface area (Å²) in [6, 6.07) is 10.7. The Morgan fingerprint density at radius 2 is 1.68 bits per heavy atom. The molecule has 1 heterocycles. The molecule has 3 aromatic rings. The summed E-state index contributed by atoms with van der Waals surface area (Å²) in [5.41, 5.74) is 4.17. The fraction of sp³-hybridized carbons (Fsp3) is 0.182. The average molecular weight is 378 g/mol. The van der Waals surface area contributed by atoms with Crippen molar-refractivity contribution in [3.8, 4) is 28.4 Å². The first-order valence-electron chi connectivity index (χ1n) is 8.72. The van der Waals surface area contributed by atoms with Gasteiger partial charge in [0.25, 0.3) is 5.91 Å². The molecule has 0 aliphatic carbocycles. The van der Waals surface area contributed by atoms with Gasteiger partial charge in [-0.25, -0.2) is 0 Å². The van der Waals surface area contributed by atoms with Crippen molar-refractivity contribution in [1.82, 2.24) is 4.98 Å². The highest BCUT2D eigenvalue weighted by atomic mass is 16.5. The smallest absolute Gasteiger partial charge is 0.257 e. The Kier molecular flexibility index (Phi) is 5.49. The van der Waals surface area contributed by atoms with Crippen LogP contribution in [0.1, 0.15) is 21.5 Å². The minimum Gasteiger partial charge on any atom is -0.507 e. The van der Waals surface area contributed by atoms with E-state index in [0.717, 1.165) is 22.3 Å². The van der Waals surface area contributed by atoms with Gasteiger partial charge in [0.05, 0.1) is 25.5 Å². The second-order valence-electron chi connectivity index (χ2n) is 6.44. The van der Waals surface area contributed by atoms with Crippen LogP contribution in [0.2, 0.25) is 0 Å². The molecule has 3 rings (SSSR count). The molecule has 2 N–H and O–H groups in total. The van der Waals surface area contributed by atoms with Crippen molar-refractivity contribution >= 4 is 11.6 Å². The first kappa shape index (κ1) is 19.2. The lowest BCUT2D eigenvalue weighted by Crippen LogP contribution is -2.13. The van der Waals surface area contributed by atoms with Gasteiger partial charge in [0.2, 0.25) is 0 Å². The Hall–Kier alpha value is -3.54. The minimum atomic E-state index is -0.301. The Morgan fingerprint density at radius 1 is 0.964 bits per heavy atom. The number of carbonyl (C=O) groups is 1. The second-order valence-corrected chi connectivity index (χ2v) is 6.44. The fourth-order valence-corrected chi connectivity index (χ4v) is 2.94. The summed E-state index contributed by atoms with van der Waals surface area (Å²) in [5.74, 6) is 1.11. The molecular weight excluding hydrogens is 356 g/mol. The van der Waals surface area contributed by atoms with E-state index in [1.165, 1.54) is 13.3 Å². The van der Waals surface area contributed by atoms with Crippen LogP contribution in [-0.4, -0.2) is 30.2 Å². The SMILES string of the molecule is COc1ccc(NC(=O)c2cncc(-c3cc(C)c(O)c(C)c3)c2)c(OC)c1. The molecule has 0 spiro atoms. The van der Waals surface area contributed by atoms with Crippen LogP contribution < -0.4 is 14.8 Å². The van der Waals surface area contributed by atoms with Crippen LogP contribution in [0.15, 0.2) is 48.8 Å². The maximum Gasteiger partial charge on any atom is 0.257 e. The molecule has 0 saturated carbocycles. The third-order valence-corrected chi connectivity index (χ3v) is 4.48. The monoisotopic (exact) mass is 378 g/mol. The number of rotatable bonds is 5. The lowest BCUT2D eigenvalue weighted by Gasteiger charge is -2.12. The molecule has 0 aliphatic heterocycles. The van der Waals surface area contributed by atoms with E-state index in [4.69, 9.17) is 9.47 Å². The summed E-state index contributed by atoms with van der Waals surface area (Å²) in [5, 5.41) is 12.8. The lowest BCUT2D eigenvalue weighted by molar-refractivity contribution is 0.102. The lowest BCUT2D eigenvalue weighted by atomic mass is 10.00. The summed E-state index contributed by atoms with van der Waals surface area (Å²) < 4.78 is 10.5. The summed E-state index contributed by atoms with van der Waals surface area (Å²) in [7, 11) is 3.10. The number of hydrogen-bond acceptors (Lipinski definition) is 5. The molecule has 28 heavy (non-hydrogen) atoms. The van der Waals surface area contributed by atoms with Crippen LogP contribution in [0.25, 0.3) is 11.1 Å². The number of phenols is 1. The third-order valence-electron chi connectivity index (χ3n) is 4.48. The molecule has 0 aliphatic rings. The van der Waals surface area contributed by atoms with E-state index in [0.29, 0.717) is 22.7 Å².